The van der Waals surface area contributed by atoms with Gasteiger partial charge in [-0.3, -0.25) is 0 Å². The van der Waals surface area contributed by atoms with E-state index in [1.807, 2.05) is 0 Å². The van der Waals surface area contributed by atoms with Gasteiger partial charge in [-0.2, -0.15) is 0 Å². The minimum Gasteiger partial charge on any atom is -0.309 e. The third kappa shape index (κ3) is 3.65. The van der Waals surface area contributed by atoms with Crippen LogP contribution in [0.2, 0.25) is 6.55 Å². The third-order valence-corrected chi connectivity index (χ3v) is 9.84. The zero-order valence-electron chi connectivity index (χ0n) is 14.7. The Morgan fingerprint density at radius 3 is 1.57 bits per heavy atom. The largest absolute Gasteiger partial charge is 0.309 e. The van der Waals surface area contributed by atoms with Crippen LogP contribution in [0, 0.1) is 0 Å². The fourth-order valence-electron chi connectivity index (χ4n) is 3.31. The molecule has 0 radical (unpaired) electrons. The van der Waals surface area contributed by atoms with E-state index >= 15 is 0 Å². The SMILES string of the molecule is C=C(C)c1ccc([Si](C)(N(CC)CC)N(CC)CC)cc1. The van der Waals surface area contributed by atoms with E-state index in [1.54, 1.807) is 0 Å². The van der Waals surface area contributed by atoms with Gasteiger partial charge in [0.2, 0.25) is 8.40 Å². The highest BCUT2D eigenvalue weighted by atomic mass is 28.3. The number of benzene rings is 1. The molecule has 1 rings (SSSR count). The minimum atomic E-state index is -1.81. The quantitative estimate of drug-likeness (QED) is 0.676. The van der Waals surface area contributed by atoms with E-state index < -0.39 is 8.40 Å². The van der Waals surface area contributed by atoms with Gasteiger partial charge in [0.25, 0.3) is 0 Å². The number of rotatable bonds is 8. The summed E-state index contributed by atoms with van der Waals surface area (Å²) >= 11 is 0. The molecule has 3 heteroatoms. The summed E-state index contributed by atoms with van der Waals surface area (Å²) in [7, 11) is -1.81. The normalized spacial score (nSPS) is 12.2. The molecule has 118 valence electrons. The first-order valence-electron chi connectivity index (χ1n) is 8.22. The van der Waals surface area contributed by atoms with Crippen molar-refractivity contribution < 1.29 is 0 Å². The van der Waals surface area contributed by atoms with Crippen LogP contribution >= 0.6 is 0 Å². The van der Waals surface area contributed by atoms with Crippen LogP contribution in [0.25, 0.3) is 5.57 Å². The van der Waals surface area contributed by atoms with E-state index in [-0.39, 0.29) is 0 Å². The van der Waals surface area contributed by atoms with Crippen LogP contribution in [0.5, 0.6) is 0 Å². The van der Waals surface area contributed by atoms with Gasteiger partial charge in [0, 0.05) is 0 Å². The zero-order chi connectivity index (χ0) is 16.0. The molecule has 2 nitrogen and oxygen atoms in total. The first-order valence-corrected chi connectivity index (χ1v) is 10.6. The van der Waals surface area contributed by atoms with Crippen LogP contribution in [0.3, 0.4) is 0 Å². The number of hydrogen-bond acceptors (Lipinski definition) is 2. The molecule has 0 atom stereocenters. The van der Waals surface area contributed by atoms with Gasteiger partial charge < -0.3 is 9.13 Å². The van der Waals surface area contributed by atoms with Crippen LogP contribution < -0.4 is 5.19 Å². The van der Waals surface area contributed by atoms with Crippen molar-refractivity contribution in [2.75, 3.05) is 26.2 Å². The molecule has 0 fully saturated rings. The molecule has 0 aliphatic carbocycles. The summed E-state index contributed by atoms with van der Waals surface area (Å²) < 4.78 is 5.35. The summed E-state index contributed by atoms with van der Waals surface area (Å²) in [6.07, 6.45) is 0. The Balaban J connectivity index is 3.32. The van der Waals surface area contributed by atoms with E-state index in [1.165, 1.54) is 10.8 Å². The molecule has 0 amide bonds. The predicted molar refractivity (Wildman–Crippen MR) is 98.2 cm³/mol. The van der Waals surface area contributed by atoms with Gasteiger partial charge in [0.05, 0.1) is 0 Å². The Morgan fingerprint density at radius 1 is 0.905 bits per heavy atom. The van der Waals surface area contributed by atoms with Crippen molar-refractivity contribution in [1.82, 2.24) is 9.13 Å². The van der Waals surface area contributed by atoms with Crippen LogP contribution in [-0.4, -0.2) is 43.7 Å². The predicted octanol–water partition coefficient (Wildman–Crippen LogP) is 3.68. The van der Waals surface area contributed by atoms with Gasteiger partial charge in [0.1, 0.15) is 0 Å². The maximum absolute atomic E-state index is 4.04. The third-order valence-electron chi connectivity index (χ3n) is 4.68. The second-order valence-corrected chi connectivity index (χ2v) is 9.61. The molecule has 21 heavy (non-hydrogen) atoms. The topological polar surface area (TPSA) is 6.48 Å². The van der Waals surface area contributed by atoms with Crippen LogP contribution in [0.15, 0.2) is 30.8 Å². The van der Waals surface area contributed by atoms with Crippen LogP contribution in [0.1, 0.15) is 40.2 Å². The van der Waals surface area contributed by atoms with E-state index in [2.05, 4.69) is 81.1 Å². The van der Waals surface area contributed by atoms with E-state index in [0.717, 1.165) is 31.8 Å². The molecule has 1 aromatic carbocycles. The van der Waals surface area contributed by atoms with Gasteiger partial charge in [-0.05, 0) is 50.4 Å². The van der Waals surface area contributed by atoms with Crippen molar-refractivity contribution in [3.05, 3.63) is 36.4 Å². The number of hydrogen-bond donors (Lipinski definition) is 0. The highest BCUT2D eigenvalue weighted by Gasteiger charge is 2.40. The molecule has 0 saturated carbocycles. The van der Waals surface area contributed by atoms with Crippen molar-refractivity contribution in [3.8, 4) is 0 Å². The standard InChI is InChI=1S/C18H32N2Si/c1-8-19(9-2)21(7,20(10-3)11-4)18-14-12-17(13-15-18)16(5)6/h12-15H,5,8-11H2,1-4,6-7H3. The lowest BCUT2D eigenvalue weighted by Crippen LogP contribution is -2.70. The molecule has 0 aromatic heterocycles. The minimum absolute atomic E-state index is 1.11. The maximum Gasteiger partial charge on any atom is 0.236 e. The molecule has 0 bridgehead atoms. The summed E-state index contributed by atoms with van der Waals surface area (Å²) in [5.41, 5.74) is 2.38. The first-order chi connectivity index (χ1) is 9.95. The Bertz CT molecular complexity index is 433. The molecule has 0 saturated heterocycles. The fourth-order valence-corrected chi connectivity index (χ4v) is 7.71. The van der Waals surface area contributed by atoms with E-state index in [4.69, 9.17) is 0 Å². The lowest BCUT2D eigenvalue weighted by molar-refractivity contribution is 0.367. The highest BCUT2D eigenvalue weighted by molar-refractivity contribution is 6.86. The lowest BCUT2D eigenvalue weighted by atomic mass is 10.1. The molecule has 0 N–H and O–H groups in total. The van der Waals surface area contributed by atoms with Gasteiger partial charge in [-0.1, -0.05) is 64.1 Å². The monoisotopic (exact) mass is 304 g/mol. The molecule has 0 unspecified atom stereocenters. The highest BCUT2D eigenvalue weighted by Crippen LogP contribution is 2.18. The summed E-state index contributed by atoms with van der Waals surface area (Å²) in [6, 6.07) is 9.12. The van der Waals surface area contributed by atoms with Crippen LogP contribution in [0.4, 0.5) is 0 Å². The van der Waals surface area contributed by atoms with Crippen molar-refractivity contribution in [1.29, 1.82) is 0 Å². The van der Waals surface area contributed by atoms with Gasteiger partial charge in [-0.15, -0.1) is 0 Å². The fraction of sp³-hybridized carbons (Fsp3) is 0.556. The molecule has 0 heterocycles. The van der Waals surface area contributed by atoms with Crippen molar-refractivity contribution in [3.63, 3.8) is 0 Å². The average molecular weight is 305 g/mol. The molecule has 0 spiro atoms. The van der Waals surface area contributed by atoms with Crippen LogP contribution in [-0.2, 0) is 0 Å². The molecular formula is C18H32N2Si. The Labute approximate surface area is 132 Å². The van der Waals surface area contributed by atoms with Crippen molar-refractivity contribution in [2.24, 2.45) is 0 Å². The van der Waals surface area contributed by atoms with Crippen molar-refractivity contribution >= 4 is 19.2 Å². The number of nitrogens with zero attached hydrogens (tertiary/aromatic N) is 2. The zero-order valence-corrected chi connectivity index (χ0v) is 15.7. The van der Waals surface area contributed by atoms with E-state index in [0.29, 0.717) is 0 Å². The summed E-state index contributed by atoms with van der Waals surface area (Å²) in [6.45, 7) is 22.2. The molecule has 0 aliphatic heterocycles. The molecule has 1 aromatic rings. The first kappa shape index (κ1) is 18.1. The van der Waals surface area contributed by atoms with Gasteiger partial charge in [0.15, 0.2) is 0 Å². The Kier molecular flexibility index (Phi) is 6.85. The molecular weight excluding hydrogens is 272 g/mol. The van der Waals surface area contributed by atoms with Crippen molar-refractivity contribution in [2.45, 2.75) is 41.2 Å². The summed E-state index contributed by atoms with van der Waals surface area (Å²) in [4.78, 5) is 0. The average Bonchev–Trinajstić information content (AvgIpc) is 2.49. The second-order valence-electron chi connectivity index (χ2n) is 5.72. The smallest absolute Gasteiger partial charge is 0.236 e. The summed E-state index contributed by atoms with van der Waals surface area (Å²) in [5.74, 6) is 0. The molecule has 0 aliphatic rings. The Hall–Kier alpha value is -0.903. The second kappa shape index (κ2) is 7.92. The summed E-state index contributed by atoms with van der Waals surface area (Å²) in [5, 5.41) is 1.50. The lowest BCUT2D eigenvalue weighted by Gasteiger charge is -2.46. The maximum atomic E-state index is 4.04. The van der Waals surface area contributed by atoms with E-state index in [9.17, 15) is 0 Å². The van der Waals surface area contributed by atoms with Gasteiger partial charge in [-0.25, -0.2) is 0 Å². The Morgan fingerprint density at radius 2 is 1.29 bits per heavy atom. The van der Waals surface area contributed by atoms with Gasteiger partial charge >= 0.3 is 0 Å². The number of allylic oxidation sites excluding steroid dienone is 1.